The number of nitrogens with one attached hydrogen (secondary N) is 2. The van der Waals surface area contributed by atoms with Crippen molar-refractivity contribution in [3.8, 4) is 0 Å². The first-order chi connectivity index (χ1) is 10.6. The van der Waals surface area contributed by atoms with Gasteiger partial charge < -0.3 is 10.6 Å². The van der Waals surface area contributed by atoms with Crippen LogP contribution in [-0.4, -0.2) is 23.9 Å². The molecule has 0 atom stereocenters. The molecule has 1 aliphatic carbocycles. The third-order valence-electron chi connectivity index (χ3n) is 4.02. The van der Waals surface area contributed by atoms with Crippen LogP contribution < -0.4 is 10.6 Å². The van der Waals surface area contributed by atoms with Crippen LogP contribution in [0, 0.1) is 0 Å². The average Bonchev–Trinajstić information content (AvgIpc) is 2.75. The van der Waals surface area contributed by atoms with Crippen LogP contribution in [0.5, 0.6) is 0 Å². The fourth-order valence-corrected chi connectivity index (χ4v) is 2.81. The molecule has 1 aromatic carbocycles. The van der Waals surface area contributed by atoms with Crippen LogP contribution in [0.3, 0.4) is 0 Å². The molecule has 0 saturated heterocycles. The van der Waals surface area contributed by atoms with Crippen LogP contribution in [0.2, 0.25) is 0 Å². The number of amides is 2. The zero-order chi connectivity index (χ0) is 15.9. The lowest BCUT2D eigenvalue weighted by Gasteiger charge is -2.16. The molecule has 1 fully saturated rings. The summed E-state index contributed by atoms with van der Waals surface area (Å²) in [5.41, 5.74) is 1.20. The third-order valence-corrected chi connectivity index (χ3v) is 4.02. The molecule has 0 heterocycles. The van der Waals surface area contributed by atoms with Gasteiger partial charge in [-0.3, -0.25) is 9.59 Å². The standard InChI is InChI=1S/C18H26N2O2/c1-13(2)19-17(21)14-9-11-15(12-10-14)18(22)20-16-7-5-3-4-6-8-16/h9-13,16H,3-8H2,1-2H3,(H,19,21)(H,20,22). The van der Waals surface area contributed by atoms with Crippen molar-refractivity contribution in [3.05, 3.63) is 35.4 Å². The first kappa shape index (κ1) is 16.5. The third kappa shape index (κ3) is 4.86. The Hall–Kier alpha value is -1.84. The molecule has 1 saturated carbocycles. The Balaban J connectivity index is 1.94. The van der Waals surface area contributed by atoms with Crippen molar-refractivity contribution in [2.24, 2.45) is 0 Å². The fourth-order valence-electron chi connectivity index (χ4n) is 2.81. The maximum Gasteiger partial charge on any atom is 0.251 e. The number of carbonyl (C=O) groups excluding carboxylic acids is 2. The lowest BCUT2D eigenvalue weighted by atomic mass is 10.1. The van der Waals surface area contributed by atoms with E-state index in [4.69, 9.17) is 0 Å². The Morgan fingerprint density at radius 1 is 0.909 bits per heavy atom. The Labute approximate surface area is 132 Å². The molecule has 0 radical (unpaired) electrons. The van der Waals surface area contributed by atoms with Gasteiger partial charge in [0.15, 0.2) is 0 Å². The minimum absolute atomic E-state index is 0.0392. The normalized spacial score (nSPS) is 16.1. The smallest absolute Gasteiger partial charge is 0.251 e. The molecular weight excluding hydrogens is 276 g/mol. The van der Waals surface area contributed by atoms with Crippen molar-refractivity contribution >= 4 is 11.8 Å². The van der Waals surface area contributed by atoms with Crippen LogP contribution in [0.15, 0.2) is 24.3 Å². The minimum Gasteiger partial charge on any atom is -0.350 e. The molecule has 1 aliphatic rings. The topological polar surface area (TPSA) is 58.2 Å². The van der Waals surface area contributed by atoms with Gasteiger partial charge in [-0.25, -0.2) is 0 Å². The SMILES string of the molecule is CC(C)NC(=O)c1ccc(C(=O)NC2CCCCCC2)cc1. The lowest BCUT2D eigenvalue weighted by Crippen LogP contribution is -2.34. The summed E-state index contributed by atoms with van der Waals surface area (Å²) < 4.78 is 0. The van der Waals surface area contributed by atoms with E-state index >= 15 is 0 Å². The Morgan fingerprint density at radius 3 is 1.91 bits per heavy atom. The van der Waals surface area contributed by atoms with Gasteiger partial charge in [-0.2, -0.15) is 0 Å². The van der Waals surface area contributed by atoms with E-state index in [9.17, 15) is 9.59 Å². The zero-order valence-corrected chi connectivity index (χ0v) is 13.5. The van der Waals surface area contributed by atoms with Gasteiger partial charge in [-0.05, 0) is 51.0 Å². The van der Waals surface area contributed by atoms with Crippen molar-refractivity contribution in [3.63, 3.8) is 0 Å². The van der Waals surface area contributed by atoms with E-state index in [-0.39, 0.29) is 17.9 Å². The molecule has 4 heteroatoms. The van der Waals surface area contributed by atoms with Gasteiger partial charge in [0, 0.05) is 23.2 Å². The van der Waals surface area contributed by atoms with Crippen LogP contribution >= 0.6 is 0 Å². The van der Waals surface area contributed by atoms with E-state index < -0.39 is 0 Å². The molecule has 1 aromatic rings. The number of hydrogen-bond acceptors (Lipinski definition) is 2. The van der Waals surface area contributed by atoms with Crippen molar-refractivity contribution in [2.75, 3.05) is 0 Å². The van der Waals surface area contributed by atoms with Crippen LogP contribution in [-0.2, 0) is 0 Å². The van der Waals surface area contributed by atoms with Crippen molar-refractivity contribution in [2.45, 2.75) is 64.5 Å². The highest BCUT2D eigenvalue weighted by atomic mass is 16.2. The second kappa shape index (κ2) is 7.97. The van der Waals surface area contributed by atoms with Crippen LogP contribution in [0.25, 0.3) is 0 Å². The largest absolute Gasteiger partial charge is 0.350 e. The van der Waals surface area contributed by atoms with Gasteiger partial charge >= 0.3 is 0 Å². The molecule has 0 bridgehead atoms. The second-order valence-electron chi connectivity index (χ2n) is 6.37. The number of carbonyl (C=O) groups is 2. The average molecular weight is 302 g/mol. The van der Waals surface area contributed by atoms with E-state index in [1.165, 1.54) is 25.7 Å². The molecule has 4 nitrogen and oxygen atoms in total. The predicted octanol–water partition coefficient (Wildman–Crippen LogP) is 3.28. The van der Waals surface area contributed by atoms with Crippen LogP contribution in [0.1, 0.15) is 73.1 Å². The molecular formula is C18H26N2O2. The van der Waals surface area contributed by atoms with E-state index in [2.05, 4.69) is 10.6 Å². The van der Waals surface area contributed by atoms with Crippen molar-refractivity contribution in [1.29, 1.82) is 0 Å². The monoisotopic (exact) mass is 302 g/mol. The van der Waals surface area contributed by atoms with Gasteiger partial charge in [0.25, 0.3) is 11.8 Å². The number of rotatable bonds is 4. The summed E-state index contributed by atoms with van der Waals surface area (Å²) >= 11 is 0. The summed E-state index contributed by atoms with van der Waals surface area (Å²) in [7, 11) is 0. The van der Waals surface area contributed by atoms with E-state index in [0.717, 1.165) is 12.8 Å². The van der Waals surface area contributed by atoms with Gasteiger partial charge in [0.1, 0.15) is 0 Å². The molecule has 0 aromatic heterocycles. The number of benzene rings is 1. The molecule has 0 unspecified atom stereocenters. The maximum atomic E-state index is 12.3. The van der Waals surface area contributed by atoms with Gasteiger partial charge in [-0.15, -0.1) is 0 Å². The van der Waals surface area contributed by atoms with E-state index in [0.29, 0.717) is 17.2 Å². The highest BCUT2D eigenvalue weighted by Gasteiger charge is 2.16. The quantitative estimate of drug-likeness (QED) is 0.839. The molecule has 2 N–H and O–H groups in total. The molecule has 0 aliphatic heterocycles. The summed E-state index contributed by atoms with van der Waals surface area (Å²) in [5.74, 6) is -0.145. The maximum absolute atomic E-state index is 12.3. The summed E-state index contributed by atoms with van der Waals surface area (Å²) in [6.07, 6.45) is 7.07. The van der Waals surface area contributed by atoms with Gasteiger partial charge in [0.05, 0.1) is 0 Å². The summed E-state index contributed by atoms with van der Waals surface area (Å²) in [6, 6.07) is 7.26. The first-order valence-electron chi connectivity index (χ1n) is 8.28. The summed E-state index contributed by atoms with van der Waals surface area (Å²) in [4.78, 5) is 24.2. The van der Waals surface area contributed by atoms with Gasteiger partial charge in [0.2, 0.25) is 0 Å². The zero-order valence-electron chi connectivity index (χ0n) is 13.5. The Kier molecular flexibility index (Phi) is 5.99. The molecule has 2 amide bonds. The second-order valence-corrected chi connectivity index (χ2v) is 6.37. The van der Waals surface area contributed by atoms with E-state index in [1.807, 2.05) is 13.8 Å². The molecule has 2 rings (SSSR count). The first-order valence-corrected chi connectivity index (χ1v) is 8.28. The molecule has 120 valence electrons. The Bertz CT molecular complexity index is 500. The molecule has 22 heavy (non-hydrogen) atoms. The van der Waals surface area contributed by atoms with E-state index in [1.54, 1.807) is 24.3 Å². The number of hydrogen-bond donors (Lipinski definition) is 2. The van der Waals surface area contributed by atoms with Crippen LogP contribution in [0.4, 0.5) is 0 Å². The highest BCUT2D eigenvalue weighted by molar-refractivity contribution is 5.97. The Morgan fingerprint density at radius 2 is 1.41 bits per heavy atom. The lowest BCUT2D eigenvalue weighted by molar-refractivity contribution is 0.0925. The van der Waals surface area contributed by atoms with Crippen molar-refractivity contribution < 1.29 is 9.59 Å². The highest BCUT2D eigenvalue weighted by Crippen LogP contribution is 2.17. The molecule has 0 spiro atoms. The summed E-state index contributed by atoms with van der Waals surface area (Å²) in [6.45, 7) is 3.85. The van der Waals surface area contributed by atoms with Gasteiger partial charge in [-0.1, -0.05) is 25.7 Å². The predicted molar refractivity (Wildman–Crippen MR) is 88.0 cm³/mol. The minimum atomic E-state index is -0.106. The fraction of sp³-hybridized carbons (Fsp3) is 0.556. The summed E-state index contributed by atoms with van der Waals surface area (Å²) in [5, 5.41) is 5.96. The van der Waals surface area contributed by atoms with Crippen molar-refractivity contribution in [1.82, 2.24) is 10.6 Å².